The van der Waals surface area contributed by atoms with Crippen molar-refractivity contribution in [3.8, 4) is 5.88 Å². The Balaban J connectivity index is 0.912. The molecule has 0 radical (unpaired) electrons. The number of hydrogen-bond donors (Lipinski definition) is 0. The summed E-state index contributed by atoms with van der Waals surface area (Å²) in [4.78, 5) is 36.2. The Hall–Kier alpha value is -3.85. The SMILES string of the molecule is CCCCCCCCCCCCCCCCOC(=O)OCN1C(=O)CCc2ccc(OCCCCN3CCN(c4cccc5ccccc45)CC3)nc21. The number of anilines is 2. The molecule has 1 aromatic heterocycles. The summed E-state index contributed by atoms with van der Waals surface area (Å²) in [5, 5.41) is 2.61. The van der Waals surface area contributed by atoms with Crippen molar-refractivity contribution in [3.63, 3.8) is 0 Å². The van der Waals surface area contributed by atoms with Gasteiger partial charge in [-0.2, -0.15) is 4.98 Å². The van der Waals surface area contributed by atoms with Gasteiger partial charge in [0, 0.05) is 49.7 Å². The van der Waals surface area contributed by atoms with Gasteiger partial charge in [-0.25, -0.2) is 4.79 Å². The summed E-state index contributed by atoms with van der Waals surface area (Å²) in [6.07, 6.45) is 20.0. The van der Waals surface area contributed by atoms with Gasteiger partial charge in [0.1, 0.15) is 5.82 Å². The third-order valence-corrected chi connectivity index (χ3v) is 10.7. The van der Waals surface area contributed by atoms with Gasteiger partial charge in [-0.15, -0.1) is 0 Å². The predicted molar refractivity (Wildman–Crippen MR) is 215 cm³/mol. The number of aromatic nitrogens is 1. The molecule has 0 atom stereocenters. The van der Waals surface area contributed by atoms with Crippen LogP contribution in [0.2, 0.25) is 0 Å². The molecule has 9 heteroatoms. The molecule has 53 heavy (non-hydrogen) atoms. The number of aryl methyl sites for hydroxylation is 1. The van der Waals surface area contributed by atoms with Gasteiger partial charge in [0.25, 0.3) is 0 Å². The maximum atomic E-state index is 12.8. The number of carbonyl (C=O) groups is 2. The molecule has 1 saturated heterocycles. The molecule has 0 aliphatic carbocycles. The Labute approximate surface area is 318 Å². The molecule has 2 aliphatic rings. The van der Waals surface area contributed by atoms with Gasteiger partial charge < -0.3 is 19.1 Å². The van der Waals surface area contributed by atoms with E-state index < -0.39 is 6.16 Å². The van der Waals surface area contributed by atoms with E-state index in [2.05, 4.69) is 64.2 Å². The highest BCUT2D eigenvalue weighted by Crippen LogP contribution is 2.29. The molecule has 0 bridgehead atoms. The van der Waals surface area contributed by atoms with Crippen molar-refractivity contribution in [1.82, 2.24) is 9.88 Å². The van der Waals surface area contributed by atoms with Gasteiger partial charge >= 0.3 is 6.16 Å². The monoisotopic (exact) mass is 728 g/mol. The zero-order valence-electron chi connectivity index (χ0n) is 32.4. The highest BCUT2D eigenvalue weighted by Gasteiger charge is 2.27. The van der Waals surface area contributed by atoms with E-state index in [1.807, 2.05) is 12.1 Å². The zero-order valence-corrected chi connectivity index (χ0v) is 32.4. The van der Waals surface area contributed by atoms with Crippen LogP contribution in [-0.2, 0) is 20.7 Å². The molecule has 9 nitrogen and oxygen atoms in total. The molecular weight excluding hydrogens is 665 g/mol. The van der Waals surface area contributed by atoms with Crippen LogP contribution in [0.1, 0.15) is 122 Å². The number of benzene rings is 2. The fourth-order valence-electron chi connectivity index (χ4n) is 7.52. The normalized spacial score (nSPS) is 14.8. The van der Waals surface area contributed by atoms with Crippen LogP contribution >= 0.6 is 0 Å². The summed E-state index contributed by atoms with van der Waals surface area (Å²) >= 11 is 0. The van der Waals surface area contributed by atoms with Gasteiger partial charge in [0.15, 0.2) is 6.73 Å². The largest absolute Gasteiger partial charge is 0.510 e. The number of piperazine rings is 1. The van der Waals surface area contributed by atoms with E-state index >= 15 is 0 Å². The minimum Gasteiger partial charge on any atom is -0.478 e. The second kappa shape index (κ2) is 23.0. The topological polar surface area (TPSA) is 84.4 Å². The van der Waals surface area contributed by atoms with Crippen LogP contribution in [0.15, 0.2) is 54.6 Å². The van der Waals surface area contributed by atoms with E-state index in [9.17, 15) is 9.59 Å². The molecule has 3 heterocycles. The molecular formula is C44H64N4O5. The summed E-state index contributed by atoms with van der Waals surface area (Å²) in [7, 11) is 0. The summed E-state index contributed by atoms with van der Waals surface area (Å²) in [5.74, 6) is 0.859. The van der Waals surface area contributed by atoms with Gasteiger partial charge in [-0.1, -0.05) is 127 Å². The molecule has 290 valence electrons. The van der Waals surface area contributed by atoms with Crippen molar-refractivity contribution in [2.75, 3.05) is 62.5 Å². The van der Waals surface area contributed by atoms with E-state index in [4.69, 9.17) is 14.2 Å². The lowest BCUT2D eigenvalue weighted by Gasteiger charge is -2.36. The van der Waals surface area contributed by atoms with Crippen molar-refractivity contribution in [3.05, 3.63) is 60.2 Å². The van der Waals surface area contributed by atoms with Crippen LogP contribution in [0.25, 0.3) is 10.8 Å². The maximum Gasteiger partial charge on any atom is 0.510 e. The summed E-state index contributed by atoms with van der Waals surface area (Å²) in [6.45, 7) is 8.14. The van der Waals surface area contributed by atoms with Crippen molar-refractivity contribution in [1.29, 1.82) is 0 Å². The smallest absolute Gasteiger partial charge is 0.478 e. The molecule has 3 aromatic rings. The number of rotatable bonds is 24. The average molecular weight is 729 g/mol. The first-order valence-corrected chi connectivity index (χ1v) is 20.8. The predicted octanol–water partition coefficient (Wildman–Crippen LogP) is 10.1. The Morgan fingerprint density at radius 1 is 0.679 bits per heavy atom. The summed E-state index contributed by atoms with van der Waals surface area (Å²) < 4.78 is 16.7. The molecule has 5 rings (SSSR count). The van der Waals surface area contributed by atoms with Crippen LogP contribution in [0, 0.1) is 0 Å². The van der Waals surface area contributed by atoms with Gasteiger partial charge in [0.05, 0.1) is 13.2 Å². The molecule has 2 aromatic carbocycles. The van der Waals surface area contributed by atoms with Gasteiger partial charge in [0.2, 0.25) is 11.8 Å². The fraction of sp³-hybridized carbons (Fsp3) is 0.614. The Kier molecular flexibility index (Phi) is 17.5. The summed E-state index contributed by atoms with van der Waals surface area (Å²) in [6, 6.07) is 19.0. The number of ether oxygens (including phenoxy) is 3. The van der Waals surface area contributed by atoms with Crippen LogP contribution in [0.4, 0.5) is 16.3 Å². The van der Waals surface area contributed by atoms with Crippen LogP contribution in [-0.4, -0.2) is 74.6 Å². The van der Waals surface area contributed by atoms with Gasteiger partial charge in [-0.3, -0.25) is 14.6 Å². The first-order valence-electron chi connectivity index (χ1n) is 20.8. The van der Waals surface area contributed by atoms with Crippen LogP contribution in [0.5, 0.6) is 5.88 Å². The van der Waals surface area contributed by atoms with E-state index in [1.165, 1.54) is 92.0 Å². The molecule has 0 saturated carbocycles. The lowest BCUT2D eigenvalue weighted by Crippen LogP contribution is -2.46. The maximum absolute atomic E-state index is 12.8. The number of carbonyl (C=O) groups excluding carboxylic acids is 2. The highest BCUT2D eigenvalue weighted by molar-refractivity contribution is 5.95. The van der Waals surface area contributed by atoms with Crippen LogP contribution in [0.3, 0.4) is 0 Å². The quantitative estimate of drug-likeness (QED) is 0.0666. The minimum absolute atomic E-state index is 0.123. The Bertz CT molecular complexity index is 1520. The van der Waals surface area contributed by atoms with Crippen molar-refractivity contribution >= 4 is 34.3 Å². The summed E-state index contributed by atoms with van der Waals surface area (Å²) in [5.41, 5.74) is 2.27. The van der Waals surface area contributed by atoms with Crippen molar-refractivity contribution in [2.45, 2.75) is 122 Å². The van der Waals surface area contributed by atoms with Gasteiger partial charge in [-0.05, 0) is 55.3 Å². The van der Waals surface area contributed by atoms with Crippen molar-refractivity contribution < 1.29 is 23.8 Å². The molecule has 0 N–H and O–H groups in total. The standard InChI is InChI=1S/C44H64N4O5/c1-2-3-4-5-6-7-8-9-10-11-12-13-14-18-35-52-44(50)53-36-48-42(49)28-26-38-25-27-41(45-43(38)48)51-34-19-17-29-46-30-32-47(33-31-46)40-24-20-22-37-21-15-16-23-39(37)40/h15-16,20-25,27H,2-14,17-19,26,28-36H2,1H3. The number of hydrogen-bond acceptors (Lipinski definition) is 8. The Morgan fingerprint density at radius 2 is 1.34 bits per heavy atom. The molecule has 0 unspecified atom stereocenters. The molecule has 1 amide bonds. The second-order valence-corrected chi connectivity index (χ2v) is 14.8. The number of unbranched alkanes of at least 4 members (excludes halogenated alkanes) is 14. The zero-order chi connectivity index (χ0) is 36.9. The molecule has 2 aliphatic heterocycles. The van der Waals surface area contributed by atoms with Crippen LogP contribution < -0.4 is 14.5 Å². The third kappa shape index (κ3) is 13.5. The second-order valence-electron chi connectivity index (χ2n) is 14.8. The van der Waals surface area contributed by atoms with E-state index in [0.29, 0.717) is 37.8 Å². The number of fused-ring (bicyclic) bond motifs is 2. The third-order valence-electron chi connectivity index (χ3n) is 10.7. The van der Waals surface area contributed by atoms with E-state index in [-0.39, 0.29) is 12.6 Å². The lowest BCUT2D eigenvalue weighted by molar-refractivity contribution is -0.119. The fourth-order valence-corrected chi connectivity index (χ4v) is 7.52. The molecule has 1 fully saturated rings. The lowest BCUT2D eigenvalue weighted by atomic mass is 10.0. The number of nitrogens with zero attached hydrogens (tertiary/aromatic N) is 4. The first kappa shape index (κ1) is 40.3. The number of pyridine rings is 1. The first-order chi connectivity index (χ1) is 26.1. The Morgan fingerprint density at radius 3 is 2.08 bits per heavy atom. The average Bonchev–Trinajstić information content (AvgIpc) is 3.19. The van der Waals surface area contributed by atoms with E-state index in [1.54, 1.807) is 0 Å². The van der Waals surface area contributed by atoms with E-state index in [0.717, 1.165) is 70.4 Å². The highest BCUT2D eigenvalue weighted by atomic mass is 16.7. The van der Waals surface area contributed by atoms with Crippen molar-refractivity contribution in [2.24, 2.45) is 0 Å². The molecule has 0 spiro atoms. The number of amides is 1. The minimum atomic E-state index is -0.748.